The molecule has 1 aliphatic rings. The molecule has 8 nitrogen and oxygen atoms in total. The van der Waals surface area contributed by atoms with Crippen molar-refractivity contribution in [2.24, 2.45) is 0 Å². The summed E-state index contributed by atoms with van der Waals surface area (Å²) in [7, 11) is 0. The average Bonchev–Trinajstić information content (AvgIpc) is 2.66. The van der Waals surface area contributed by atoms with E-state index in [9.17, 15) is 9.90 Å². The van der Waals surface area contributed by atoms with Gasteiger partial charge >= 0.3 is 0 Å². The fraction of sp³-hybridized carbons (Fsp3) is 0.650. The maximum Gasteiger partial charge on any atom is 0.294 e. The maximum atomic E-state index is 13.3. The normalized spacial score (nSPS) is 16.0. The summed E-state index contributed by atoms with van der Waals surface area (Å²) in [6.07, 6.45) is 2.54. The van der Waals surface area contributed by atoms with Gasteiger partial charge in [0.2, 0.25) is 0 Å². The number of aliphatic hydroxyl groups is 1. The van der Waals surface area contributed by atoms with E-state index in [1.54, 1.807) is 16.8 Å². The van der Waals surface area contributed by atoms with Gasteiger partial charge in [0.15, 0.2) is 5.82 Å². The first kappa shape index (κ1) is 22.0. The topological polar surface area (TPSA) is 83.7 Å². The number of fused-ring (bicyclic) bond motifs is 1. The Hall–Kier alpha value is -1.74. The fourth-order valence-electron chi connectivity index (χ4n) is 3.60. The van der Waals surface area contributed by atoms with Gasteiger partial charge in [-0.2, -0.15) is 0 Å². The minimum atomic E-state index is -0.737. The number of anilines is 1. The Kier molecular flexibility index (Phi) is 7.10. The van der Waals surface area contributed by atoms with E-state index in [-0.39, 0.29) is 5.56 Å². The number of rotatable bonds is 8. The highest BCUT2D eigenvalue weighted by Crippen LogP contribution is 2.19. The largest absolute Gasteiger partial charge is 0.389 e. The SMILES string of the molecule is CCCOCCn1c(=O)c(N2CCN(CC(C)(C)O)CC2)nc2cnc(Cl)cc21. The van der Waals surface area contributed by atoms with E-state index in [1.807, 2.05) is 18.7 Å². The van der Waals surface area contributed by atoms with Gasteiger partial charge in [-0.15, -0.1) is 0 Å². The lowest BCUT2D eigenvalue weighted by Gasteiger charge is -2.37. The first-order valence-corrected chi connectivity index (χ1v) is 10.5. The number of nitrogens with zero attached hydrogens (tertiary/aromatic N) is 5. The Balaban J connectivity index is 1.86. The summed E-state index contributed by atoms with van der Waals surface area (Å²) in [5.74, 6) is 0.431. The monoisotopic (exact) mass is 423 g/mol. The zero-order valence-electron chi connectivity index (χ0n) is 17.4. The molecule has 29 heavy (non-hydrogen) atoms. The number of hydrogen-bond donors (Lipinski definition) is 1. The molecule has 0 spiro atoms. The van der Waals surface area contributed by atoms with Crippen LogP contribution in [0.15, 0.2) is 17.1 Å². The lowest BCUT2D eigenvalue weighted by atomic mass is 10.1. The Bertz CT molecular complexity index is 888. The van der Waals surface area contributed by atoms with Crippen LogP contribution in [0.3, 0.4) is 0 Å². The summed E-state index contributed by atoms with van der Waals surface area (Å²) in [5, 5.41) is 10.4. The van der Waals surface area contributed by atoms with Crippen LogP contribution in [0, 0.1) is 0 Å². The molecular formula is C20H30ClN5O3. The number of aromatic nitrogens is 3. The van der Waals surface area contributed by atoms with Crippen LogP contribution in [0.25, 0.3) is 11.0 Å². The van der Waals surface area contributed by atoms with Gasteiger partial charge in [-0.25, -0.2) is 9.97 Å². The van der Waals surface area contributed by atoms with E-state index in [4.69, 9.17) is 16.3 Å². The van der Waals surface area contributed by atoms with Crippen LogP contribution >= 0.6 is 11.6 Å². The summed E-state index contributed by atoms with van der Waals surface area (Å²) in [4.78, 5) is 26.2. The zero-order valence-corrected chi connectivity index (χ0v) is 18.2. The molecule has 0 bridgehead atoms. The molecular weight excluding hydrogens is 394 g/mol. The summed E-state index contributed by atoms with van der Waals surface area (Å²) < 4.78 is 7.28. The lowest BCUT2D eigenvalue weighted by molar-refractivity contribution is 0.0344. The quantitative estimate of drug-likeness (QED) is 0.511. The molecule has 2 aromatic heterocycles. The molecule has 9 heteroatoms. The second-order valence-electron chi connectivity index (χ2n) is 8.08. The highest BCUT2D eigenvalue weighted by molar-refractivity contribution is 6.29. The van der Waals surface area contributed by atoms with Gasteiger partial charge < -0.3 is 19.3 Å². The molecule has 0 aliphatic carbocycles. The van der Waals surface area contributed by atoms with Crippen molar-refractivity contribution in [3.63, 3.8) is 0 Å². The van der Waals surface area contributed by atoms with Crippen molar-refractivity contribution in [3.05, 3.63) is 27.8 Å². The van der Waals surface area contributed by atoms with Crippen LogP contribution < -0.4 is 10.5 Å². The van der Waals surface area contributed by atoms with E-state index >= 15 is 0 Å². The van der Waals surface area contributed by atoms with E-state index < -0.39 is 5.60 Å². The molecule has 3 rings (SSSR count). The molecule has 0 amide bonds. The number of β-amino-alcohol motifs (C(OH)–C–C–N with tert-alkyl or cyclic N) is 1. The average molecular weight is 424 g/mol. The fourth-order valence-corrected chi connectivity index (χ4v) is 3.75. The molecule has 1 N–H and O–H groups in total. The van der Waals surface area contributed by atoms with Crippen molar-refractivity contribution in [3.8, 4) is 0 Å². The highest BCUT2D eigenvalue weighted by atomic mass is 35.5. The Morgan fingerprint density at radius 2 is 1.97 bits per heavy atom. The van der Waals surface area contributed by atoms with Gasteiger partial charge in [-0.05, 0) is 20.3 Å². The first-order chi connectivity index (χ1) is 13.8. The van der Waals surface area contributed by atoms with E-state index in [2.05, 4.69) is 21.8 Å². The zero-order chi connectivity index (χ0) is 21.0. The van der Waals surface area contributed by atoms with Gasteiger partial charge in [0, 0.05) is 51.9 Å². The third kappa shape index (κ3) is 5.66. The van der Waals surface area contributed by atoms with E-state index in [0.29, 0.717) is 61.4 Å². The van der Waals surface area contributed by atoms with Gasteiger partial charge in [0.05, 0.1) is 23.9 Å². The second kappa shape index (κ2) is 9.38. The van der Waals surface area contributed by atoms with Gasteiger partial charge in [-0.3, -0.25) is 9.69 Å². The summed E-state index contributed by atoms with van der Waals surface area (Å²) in [6, 6.07) is 1.68. The van der Waals surface area contributed by atoms with Gasteiger partial charge in [0.25, 0.3) is 5.56 Å². The number of piperazine rings is 1. The number of pyridine rings is 1. The minimum absolute atomic E-state index is 0.143. The Labute approximate surface area is 176 Å². The number of halogens is 1. The van der Waals surface area contributed by atoms with Crippen molar-refractivity contribution in [1.29, 1.82) is 0 Å². The van der Waals surface area contributed by atoms with Crippen LogP contribution in [0.5, 0.6) is 0 Å². The third-order valence-corrected chi connectivity index (χ3v) is 5.08. The number of ether oxygens (including phenoxy) is 1. The molecule has 160 valence electrons. The molecule has 0 saturated carbocycles. The molecule has 0 atom stereocenters. The molecule has 0 aromatic carbocycles. The molecule has 1 aliphatic heterocycles. The summed E-state index contributed by atoms with van der Waals surface area (Å²) in [6.45, 7) is 10.7. The minimum Gasteiger partial charge on any atom is -0.389 e. The van der Waals surface area contributed by atoms with Crippen molar-refractivity contribution in [2.45, 2.75) is 39.3 Å². The smallest absolute Gasteiger partial charge is 0.294 e. The number of hydrogen-bond acceptors (Lipinski definition) is 7. The molecule has 2 aromatic rings. The highest BCUT2D eigenvalue weighted by Gasteiger charge is 2.25. The predicted octanol–water partition coefficient (Wildman–Crippen LogP) is 1.76. The van der Waals surface area contributed by atoms with Gasteiger partial charge in [-0.1, -0.05) is 18.5 Å². The van der Waals surface area contributed by atoms with Crippen molar-refractivity contribution < 1.29 is 9.84 Å². The summed E-state index contributed by atoms with van der Waals surface area (Å²) >= 11 is 6.06. The van der Waals surface area contributed by atoms with Crippen LogP contribution in [0.4, 0.5) is 5.82 Å². The standard InChI is InChI=1S/C20H30ClN5O3/c1-4-10-29-11-9-26-16-12-17(21)22-13-15(16)23-18(19(26)27)25-7-5-24(6-8-25)14-20(2,3)28/h12-13,28H,4-11,14H2,1-3H3. The van der Waals surface area contributed by atoms with Crippen LogP contribution in [0.2, 0.25) is 5.15 Å². The summed E-state index contributed by atoms with van der Waals surface area (Å²) in [5.41, 5.74) is 0.424. The van der Waals surface area contributed by atoms with Crippen molar-refractivity contribution in [2.75, 3.05) is 50.8 Å². The Morgan fingerprint density at radius 1 is 1.24 bits per heavy atom. The molecule has 1 saturated heterocycles. The lowest BCUT2D eigenvalue weighted by Crippen LogP contribution is -2.52. The molecule has 3 heterocycles. The molecule has 1 fully saturated rings. The second-order valence-corrected chi connectivity index (χ2v) is 8.46. The molecule has 0 radical (unpaired) electrons. The van der Waals surface area contributed by atoms with E-state index in [0.717, 1.165) is 19.5 Å². The van der Waals surface area contributed by atoms with Crippen molar-refractivity contribution in [1.82, 2.24) is 19.4 Å². The van der Waals surface area contributed by atoms with Gasteiger partial charge in [0.1, 0.15) is 10.7 Å². The van der Waals surface area contributed by atoms with Crippen molar-refractivity contribution >= 4 is 28.5 Å². The van der Waals surface area contributed by atoms with Crippen LogP contribution in [-0.4, -0.2) is 76.1 Å². The first-order valence-electron chi connectivity index (χ1n) is 10.1. The molecule has 0 unspecified atom stereocenters. The van der Waals surface area contributed by atoms with E-state index in [1.165, 1.54) is 0 Å². The predicted molar refractivity (Wildman–Crippen MR) is 115 cm³/mol. The third-order valence-electron chi connectivity index (χ3n) is 4.87. The van der Waals surface area contributed by atoms with Crippen LogP contribution in [0.1, 0.15) is 27.2 Å². The maximum absolute atomic E-state index is 13.3. The Morgan fingerprint density at radius 3 is 2.62 bits per heavy atom. The van der Waals surface area contributed by atoms with Crippen LogP contribution in [-0.2, 0) is 11.3 Å².